The Morgan fingerprint density at radius 3 is 2.65 bits per heavy atom. The van der Waals surface area contributed by atoms with E-state index in [0.29, 0.717) is 17.2 Å². The third kappa shape index (κ3) is 2.80. The molecule has 8 heteroatoms. The van der Waals surface area contributed by atoms with E-state index in [0.717, 1.165) is 4.47 Å². The zero-order valence-electron chi connectivity index (χ0n) is 8.70. The number of fused-ring (bicyclic) bond motifs is 1. The Morgan fingerprint density at radius 2 is 2.06 bits per heavy atom. The summed E-state index contributed by atoms with van der Waals surface area (Å²) in [4.78, 5) is 0. The summed E-state index contributed by atoms with van der Waals surface area (Å²) in [5.74, 6) is 1.11. The van der Waals surface area contributed by atoms with Crippen molar-refractivity contribution in [2.24, 2.45) is 5.73 Å². The number of hydrazone groups is 1. The van der Waals surface area contributed by atoms with Crippen molar-refractivity contribution in [2.45, 2.75) is 0 Å². The van der Waals surface area contributed by atoms with Crippen LogP contribution in [0.25, 0.3) is 0 Å². The zero-order chi connectivity index (χ0) is 11.7. The number of guanidine groups is 1. The van der Waals surface area contributed by atoms with Crippen LogP contribution in [0.3, 0.4) is 0 Å². The van der Waals surface area contributed by atoms with Crippen molar-refractivity contribution >= 4 is 46.7 Å². The summed E-state index contributed by atoms with van der Waals surface area (Å²) in [6.07, 6.45) is 0. The first kappa shape index (κ1) is 13.6. The molecule has 1 aromatic carbocycles. The molecule has 0 saturated carbocycles. The molecular weight excluding hydrogens is 311 g/mol. The maximum absolute atomic E-state index is 7.11. The van der Waals surface area contributed by atoms with Gasteiger partial charge >= 0.3 is 0 Å². The van der Waals surface area contributed by atoms with E-state index in [9.17, 15) is 0 Å². The second-order valence-corrected chi connectivity index (χ2v) is 3.96. The molecule has 0 amide bonds. The van der Waals surface area contributed by atoms with E-state index in [1.165, 1.54) is 4.68 Å². The topological polar surface area (TPSA) is 83.4 Å². The van der Waals surface area contributed by atoms with Crippen LogP contribution in [0.4, 0.5) is 5.69 Å². The van der Waals surface area contributed by atoms with Gasteiger partial charge in [0, 0.05) is 6.07 Å². The van der Waals surface area contributed by atoms with E-state index in [4.69, 9.17) is 20.6 Å². The first-order valence-electron chi connectivity index (χ1n) is 4.38. The predicted molar refractivity (Wildman–Crippen MR) is 69.6 cm³/mol. The van der Waals surface area contributed by atoms with E-state index in [-0.39, 0.29) is 25.2 Å². The van der Waals surface area contributed by atoms with Gasteiger partial charge in [0.25, 0.3) is 5.69 Å². The third-order valence-electron chi connectivity index (χ3n) is 1.99. The molecule has 92 valence electrons. The number of nitrogens with zero attached hydrogens (tertiary/aromatic N) is 1. The number of benzene rings is 1. The molecule has 1 aromatic rings. The zero-order valence-corrected chi connectivity index (χ0v) is 11.1. The fourth-order valence-corrected chi connectivity index (χ4v) is 1.86. The van der Waals surface area contributed by atoms with Crippen LogP contribution in [-0.4, -0.2) is 24.2 Å². The number of hydrogen-bond donors (Lipinski definition) is 3. The molecular formula is C9H11BrClN4O2+. The van der Waals surface area contributed by atoms with Crippen LogP contribution in [0.2, 0.25) is 0 Å². The van der Waals surface area contributed by atoms with Crippen LogP contribution in [0.1, 0.15) is 0 Å². The highest BCUT2D eigenvalue weighted by molar-refractivity contribution is 9.10. The lowest BCUT2D eigenvalue weighted by atomic mass is 10.3. The number of nitrogens with one attached hydrogen (secondary N) is 2. The van der Waals surface area contributed by atoms with Crippen molar-refractivity contribution in [3.05, 3.63) is 16.6 Å². The Morgan fingerprint density at radius 1 is 1.47 bits per heavy atom. The van der Waals surface area contributed by atoms with Crippen LogP contribution in [0.15, 0.2) is 16.6 Å². The number of rotatable bonds is 2. The van der Waals surface area contributed by atoms with Crippen LogP contribution < -0.4 is 20.6 Å². The minimum absolute atomic E-state index is 0. The Hall–Kier alpha value is -1.47. The number of halogens is 2. The van der Waals surface area contributed by atoms with Gasteiger partial charge in [-0.1, -0.05) is 4.68 Å². The summed E-state index contributed by atoms with van der Waals surface area (Å²) in [6.45, 7) is 3.92. The Balaban J connectivity index is 0.00000144. The molecule has 0 saturated heterocycles. The lowest BCUT2D eigenvalue weighted by molar-refractivity contribution is -0.479. The maximum atomic E-state index is 7.11. The van der Waals surface area contributed by atoms with Gasteiger partial charge in [-0.3, -0.25) is 5.41 Å². The minimum atomic E-state index is -0.195. The van der Waals surface area contributed by atoms with E-state index < -0.39 is 0 Å². The van der Waals surface area contributed by atoms with Crippen molar-refractivity contribution < 1.29 is 14.2 Å². The number of ether oxygens (including phenoxy) is 2. The van der Waals surface area contributed by atoms with Gasteiger partial charge in [0.2, 0.25) is 12.8 Å². The Labute approximate surface area is 112 Å². The van der Waals surface area contributed by atoms with Gasteiger partial charge in [0.05, 0.1) is 10.5 Å². The van der Waals surface area contributed by atoms with Gasteiger partial charge in [-0.15, -0.1) is 17.8 Å². The molecule has 1 aliphatic heterocycles. The van der Waals surface area contributed by atoms with E-state index in [2.05, 4.69) is 28.1 Å². The average Bonchev–Trinajstić information content (AvgIpc) is 2.61. The first-order valence-corrected chi connectivity index (χ1v) is 5.17. The highest BCUT2D eigenvalue weighted by atomic mass is 79.9. The van der Waals surface area contributed by atoms with Crippen molar-refractivity contribution in [1.82, 2.24) is 5.43 Å². The highest BCUT2D eigenvalue weighted by Crippen LogP contribution is 2.39. The molecule has 0 spiro atoms. The van der Waals surface area contributed by atoms with Crippen molar-refractivity contribution in [3.63, 3.8) is 0 Å². The number of hydrogen-bond acceptors (Lipinski definition) is 3. The lowest BCUT2D eigenvalue weighted by Crippen LogP contribution is -2.36. The average molecular weight is 323 g/mol. The van der Waals surface area contributed by atoms with Crippen LogP contribution in [0, 0.1) is 5.41 Å². The standard InChI is InChI=1S/C9H10BrN4O2.ClH/c1-14(13-9(11)12)6-3-8-7(2-5(6)10)15-4-16-8;/h2-3H,1,4H2,(H4,11,12,13);1H/q+1;. The number of nitrogens with two attached hydrogens (primary N) is 1. The van der Waals surface area contributed by atoms with Gasteiger partial charge in [-0.2, -0.15) is 0 Å². The van der Waals surface area contributed by atoms with Gasteiger partial charge in [-0.25, -0.2) is 0 Å². The predicted octanol–water partition coefficient (Wildman–Crippen LogP) is 1.34. The van der Waals surface area contributed by atoms with Crippen LogP contribution in [0.5, 0.6) is 11.5 Å². The molecule has 0 unspecified atom stereocenters. The second-order valence-electron chi connectivity index (χ2n) is 3.11. The van der Waals surface area contributed by atoms with Gasteiger partial charge in [0.1, 0.15) is 0 Å². The van der Waals surface area contributed by atoms with Gasteiger partial charge in [-0.05, 0) is 15.9 Å². The highest BCUT2D eigenvalue weighted by Gasteiger charge is 2.22. The third-order valence-corrected chi connectivity index (χ3v) is 2.62. The molecule has 17 heavy (non-hydrogen) atoms. The normalized spacial score (nSPS) is 11.6. The summed E-state index contributed by atoms with van der Waals surface area (Å²) >= 11 is 3.37. The van der Waals surface area contributed by atoms with Crippen LogP contribution in [-0.2, 0) is 0 Å². The smallest absolute Gasteiger partial charge is 0.253 e. The quantitative estimate of drug-likeness (QED) is 0.332. The molecule has 0 aliphatic carbocycles. The lowest BCUT2D eigenvalue weighted by Gasteiger charge is -2.04. The summed E-state index contributed by atoms with van der Waals surface area (Å²) < 4.78 is 12.6. The Bertz CT molecular complexity index is 480. The molecule has 0 atom stereocenters. The van der Waals surface area contributed by atoms with E-state index in [1.807, 2.05) is 0 Å². The first-order chi connectivity index (χ1) is 7.58. The largest absolute Gasteiger partial charge is 0.454 e. The molecule has 0 aromatic heterocycles. The fraction of sp³-hybridized carbons (Fsp3) is 0.111. The summed E-state index contributed by atoms with van der Waals surface area (Å²) in [5.41, 5.74) is 8.45. The maximum Gasteiger partial charge on any atom is 0.253 e. The molecule has 0 radical (unpaired) electrons. The van der Waals surface area contributed by atoms with Gasteiger partial charge < -0.3 is 15.2 Å². The van der Waals surface area contributed by atoms with Crippen molar-refractivity contribution in [1.29, 1.82) is 5.41 Å². The molecule has 6 nitrogen and oxygen atoms in total. The molecule has 0 fully saturated rings. The number of hydrazine groups is 1. The second kappa shape index (κ2) is 5.24. The molecule has 2 rings (SSSR count). The summed E-state index contributed by atoms with van der Waals surface area (Å²) in [6, 6.07) is 3.52. The molecule has 0 bridgehead atoms. The molecule has 4 N–H and O–H groups in total. The monoisotopic (exact) mass is 321 g/mol. The van der Waals surface area contributed by atoms with E-state index in [1.54, 1.807) is 12.1 Å². The summed E-state index contributed by atoms with van der Waals surface area (Å²) in [7, 11) is 0. The summed E-state index contributed by atoms with van der Waals surface area (Å²) in [5, 5.41) is 7.11. The fourth-order valence-electron chi connectivity index (χ4n) is 1.32. The SMILES string of the molecule is C=[N+](NC(=N)N)c1cc2c(cc1Br)OCO2.Cl. The van der Waals surface area contributed by atoms with Crippen LogP contribution >= 0.6 is 28.3 Å². The minimum Gasteiger partial charge on any atom is -0.454 e. The van der Waals surface area contributed by atoms with Crippen molar-refractivity contribution in [2.75, 3.05) is 6.79 Å². The molecule has 1 heterocycles. The molecule has 1 aliphatic rings. The van der Waals surface area contributed by atoms with Crippen molar-refractivity contribution in [3.8, 4) is 11.5 Å². The van der Waals surface area contributed by atoms with E-state index >= 15 is 0 Å². The Kier molecular flexibility index (Phi) is 4.19. The van der Waals surface area contributed by atoms with Gasteiger partial charge in [0.15, 0.2) is 18.2 Å².